The van der Waals surface area contributed by atoms with Crippen LogP contribution in [0.3, 0.4) is 0 Å². The third-order valence-corrected chi connectivity index (χ3v) is 13.4. The molecule has 0 radical (unpaired) electrons. The van der Waals surface area contributed by atoms with Gasteiger partial charge >= 0.3 is 11.9 Å². The van der Waals surface area contributed by atoms with Crippen molar-refractivity contribution >= 4 is 17.9 Å². The van der Waals surface area contributed by atoms with E-state index in [4.69, 9.17) is 18.9 Å². The van der Waals surface area contributed by atoms with E-state index >= 15 is 0 Å². The molecule has 0 N–H and O–H groups in total. The van der Waals surface area contributed by atoms with Gasteiger partial charge in [-0.25, -0.2) is 0 Å². The average molecular weight is 1050 g/mol. The zero-order chi connectivity index (χ0) is 54.8. The Labute approximate surface area is 462 Å². The first-order valence-electron chi connectivity index (χ1n) is 31.1. The van der Waals surface area contributed by atoms with Crippen LogP contribution in [0.2, 0.25) is 0 Å². The van der Waals surface area contributed by atoms with E-state index in [2.05, 4.69) is 86.8 Å². The van der Waals surface area contributed by atoms with Crippen LogP contribution in [0, 0.1) is 0 Å². The van der Waals surface area contributed by atoms with Gasteiger partial charge in [0.15, 0.2) is 12.4 Å². The second-order valence-electron chi connectivity index (χ2n) is 22.0. The maximum absolute atomic E-state index is 12.9. The molecule has 0 rings (SSSR count). The van der Waals surface area contributed by atoms with Gasteiger partial charge in [-0.1, -0.05) is 247 Å². The molecule has 434 valence electrons. The van der Waals surface area contributed by atoms with Crippen molar-refractivity contribution in [3.63, 3.8) is 0 Å². The molecule has 0 saturated heterocycles. The highest BCUT2D eigenvalue weighted by molar-refractivity contribution is 5.70. The van der Waals surface area contributed by atoms with Gasteiger partial charge in [-0.3, -0.25) is 9.59 Å². The first-order valence-corrected chi connectivity index (χ1v) is 31.1. The number of carbonyl (C=O) groups is 3. The summed E-state index contributed by atoms with van der Waals surface area (Å²) in [5.74, 6) is -2.28. The van der Waals surface area contributed by atoms with Crippen LogP contribution in [0.15, 0.2) is 72.9 Å². The number of quaternary nitrogens is 1. The third-order valence-electron chi connectivity index (χ3n) is 13.4. The van der Waals surface area contributed by atoms with Gasteiger partial charge in [0.25, 0.3) is 0 Å². The summed E-state index contributed by atoms with van der Waals surface area (Å²) >= 11 is 0. The fourth-order valence-electron chi connectivity index (χ4n) is 8.68. The van der Waals surface area contributed by atoms with E-state index < -0.39 is 24.3 Å². The normalized spacial score (nSPS) is 13.2. The Morgan fingerprint density at radius 1 is 0.413 bits per heavy atom. The van der Waals surface area contributed by atoms with Crippen LogP contribution in [0.5, 0.6) is 0 Å². The standard InChI is InChI=1S/C66H117NO8/c1-6-8-10-12-14-16-18-20-22-24-26-28-29-30-31-32-33-34-35-37-39-41-43-45-47-49-51-53-55-57-64(69)75-62(61-74-66(65(70)71)72-59-58-67(3,4)5)60-73-63(68)56-54-52-50-48-46-44-42-40-38-36-27-25-23-21-19-17-15-13-11-9-7-2/h8,10,14,16,20,22,25-28,30-31,62,66H,6-7,9,11-13,15,17-19,21,23-24,29,32-61H2,1-5H3/b10-8-,16-14-,22-20-,27-25-,28-26-,31-30-. The molecule has 0 aromatic rings. The Hall–Kier alpha value is -3.27. The maximum Gasteiger partial charge on any atom is 0.306 e. The predicted octanol–water partition coefficient (Wildman–Crippen LogP) is 17.2. The van der Waals surface area contributed by atoms with E-state index in [1.807, 2.05) is 21.1 Å². The van der Waals surface area contributed by atoms with E-state index in [-0.39, 0.29) is 38.6 Å². The van der Waals surface area contributed by atoms with Crippen molar-refractivity contribution in [1.82, 2.24) is 0 Å². The number of hydrogen-bond donors (Lipinski definition) is 0. The third kappa shape index (κ3) is 58.3. The van der Waals surface area contributed by atoms with E-state index in [1.54, 1.807) is 0 Å². The molecule has 0 saturated carbocycles. The number of rotatable bonds is 57. The van der Waals surface area contributed by atoms with Crippen LogP contribution in [-0.4, -0.2) is 82.3 Å². The van der Waals surface area contributed by atoms with Gasteiger partial charge in [-0.15, -0.1) is 0 Å². The summed E-state index contributed by atoms with van der Waals surface area (Å²) < 4.78 is 22.7. The van der Waals surface area contributed by atoms with Gasteiger partial charge in [0.05, 0.1) is 40.3 Å². The number of likely N-dealkylation sites (N-methyl/N-ethyl adjacent to an activating group) is 1. The lowest BCUT2D eigenvalue weighted by Crippen LogP contribution is -2.44. The molecule has 0 aliphatic rings. The van der Waals surface area contributed by atoms with Gasteiger partial charge in [-0.2, -0.15) is 0 Å². The summed E-state index contributed by atoms with van der Waals surface area (Å²) in [5, 5.41) is 11.8. The van der Waals surface area contributed by atoms with Crippen LogP contribution in [0.4, 0.5) is 0 Å². The largest absolute Gasteiger partial charge is 0.545 e. The monoisotopic (exact) mass is 1050 g/mol. The molecular formula is C66H117NO8. The smallest absolute Gasteiger partial charge is 0.306 e. The Kier molecular flexibility index (Phi) is 54.4. The summed E-state index contributed by atoms with van der Waals surface area (Å²) in [6, 6.07) is 0. The molecule has 0 aromatic heterocycles. The lowest BCUT2D eigenvalue weighted by atomic mass is 10.0. The summed E-state index contributed by atoms with van der Waals surface area (Å²) in [6.45, 7) is 4.66. The fourth-order valence-corrected chi connectivity index (χ4v) is 8.68. The number of aliphatic carboxylic acids is 1. The van der Waals surface area contributed by atoms with E-state index in [0.29, 0.717) is 17.4 Å². The molecule has 2 atom stereocenters. The SMILES string of the molecule is CC/C=C\C/C=C\C/C=C\C/C=C\C/C=C\CCCCCCCCCCCCCCCC(=O)OC(COC(=O)CCCCCCCCCCC/C=C\CCCCCCCCCC)COC(OCC[N+](C)(C)C)C(=O)[O-]. The van der Waals surface area contributed by atoms with Gasteiger partial charge in [-0.05, 0) is 83.5 Å². The van der Waals surface area contributed by atoms with Crippen molar-refractivity contribution in [3.05, 3.63) is 72.9 Å². The quantitative estimate of drug-likeness (QED) is 0.0195. The first-order chi connectivity index (χ1) is 36.6. The number of hydrogen-bond acceptors (Lipinski definition) is 8. The topological polar surface area (TPSA) is 111 Å². The van der Waals surface area contributed by atoms with Crippen LogP contribution >= 0.6 is 0 Å². The van der Waals surface area contributed by atoms with Crippen LogP contribution in [-0.2, 0) is 33.3 Å². The number of carboxylic acids is 1. The highest BCUT2D eigenvalue weighted by Gasteiger charge is 2.22. The van der Waals surface area contributed by atoms with Gasteiger partial charge < -0.3 is 33.3 Å². The lowest BCUT2D eigenvalue weighted by molar-refractivity contribution is -0.870. The van der Waals surface area contributed by atoms with E-state index in [0.717, 1.165) is 70.6 Å². The number of esters is 2. The predicted molar refractivity (Wildman–Crippen MR) is 315 cm³/mol. The molecular weight excluding hydrogens is 935 g/mol. The van der Waals surface area contributed by atoms with Gasteiger partial charge in [0.1, 0.15) is 13.2 Å². The number of carboxylic acid groups (broad SMARTS) is 1. The summed E-state index contributed by atoms with van der Waals surface area (Å²) in [6.07, 6.45) is 71.0. The van der Waals surface area contributed by atoms with Crippen molar-refractivity contribution in [2.45, 2.75) is 283 Å². The highest BCUT2D eigenvalue weighted by atomic mass is 16.7. The highest BCUT2D eigenvalue weighted by Crippen LogP contribution is 2.16. The van der Waals surface area contributed by atoms with Crippen molar-refractivity contribution in [2.75, 3.05) is 47.5 Å². The number of nitrogens with zero attached hydrogens (tertiary/aromatic N) is 1. The lowest BCUT2D eigenvalue weighted by Gasteiger charge is -2.26. The van der Waals surface area contributed by atoms with Crippen molar-refractivity contribution in [2.24, 2.45) is 0 Å². The van der Waals surface area contributed by atoms with Crippen molar-refractivity contribution in [3.8, 4) is 0 Å². The number of allylic oxidation sites excluding steroid dienone is 12. The van der Waals surface area contributed by atoms with Crippen LogP contribution in [0.1, 0.15) is 271 Å². The van der Waals surface area contributed by atoms with Gasteiger partial charge in [0.2, 0.25) is 0 Å². The Bertz CT molecular complexity index is 1460. The molecule has 0 bridgehead atoms. The molecule has 9 heteroatoms. The Balaban J connectivity index is 4.19. The Morgan fingerprint density at radius 2 is 0.760 bits per heavy atom. The average Bonchev–Trinajstić information content (AvgIpc) is 3.38. The molecule has 0 aliphatic heterocycles. The zero-order valence-electron chi connectivity index (χ0n) is 49.4. The van der Waals surface area contributed by atoms with Gasteiger partial charge in [0, 0.05) is 12.8 Å². The number of ether oxygens (including phenoxy) is 4. The first kappa shape index (κ1) is 71.7. The number of unbranched alkanes of at least 4 members (excludes halogenated alkanes) is 30. The second-order valence-corrected chi connectivity index (χ2v) is 22.0. The van der Waals surface area contributed by atoms with E-state index in [1.165, 1.54) is 167 Å². The molecule has 0 aromatic carbocycles. The molecule has 0 amide bonds. The molecule has 0 fully saturated rings. The van der Waals surface area contributed by atoms with Crippen molar-refractivity contribution in [1.29, 1.82) is 0 Å². The van der Waals surface area contributed by atoms with Crippen LogP contribution < -0.4 is 5.11 Å². The Morgan fingerprint density at radius 3 is 1.15 bits per heavy atom. The fraction of sp³-hybridized carbons (Fsp3) is 0.773. The zero-order valence-corrected chi connectivity index (χ0v) is 49.4. The summed E-state index contributed by atoms with van der Waals surface area (Å²) in [5.41, 5.74) is 0. The molecule has 0 spiro atoms. The maximum atomic E-state index is 12.9. The molecule has 0 aliphatic carbocycles. The van der Waals surface area contributed by atoms with Crippen molar-refractivity contribution < 1.29 is 42.9 Å². The minimum Gasteiger partial charge on any atom is -0.545 e. The minimum atomic E-state index is -1.62. The second kappa shape index (κ2) is 56.9. The van der Waals surface area contributed by atoms with E-state index in [9.17, 15) is 19.5 Å². The van der Waals surface area contributed by atoms with Crippen LogP contribution in [0.25, 0.3) is 0 Å². The molecule has 75 heavy (non-hydrogen) atoms. The number of carbonyl (C=O) groups excluding carboxylic acids is 3. The molecule has 9 nitrogen and oxygen atoms in total. The summed E-state index contributed by atoms with van der Waals surface area (Å²) in [7, 11) is 5.93. The summed E-state index contributed by atoms with van der Waals surface area (Å²) in [4.78, 5) is 37.4. The minimum absolute atomic E-state index is 0.146. The molecule has 0 heterocycles. The molecule has 2 unspecified atom stereocenters.